The predicted octanol–water partition coefficient (Wildman–Crippen LogP) is 3.80. The molecule has 2 saturated heterocycles. The molecule has 0 aliphatic carbocycles. The van der Waals surface area contributed by atoms with Crippen molar-refractivity contribution in [2.75, 3.05) is 25.4 Å². The summed E-state index contributed by atoms with van der Waals surface area (Å²) in [4.78, 5) is 14.4. The summed E-state index contributed by atoms with van der Waals surface area (Å²) in [6, 6.07) is 5.38. The highest BCUT2D eigenvalue weighted by atomic mass is 79.9. The van der Waals surface area contributed by atoms with Crippen molar-refractivity contribution in [2.24, 2.45) is 0 Å². The fraction of sp³-hybridized carbons (Fsp3) is 0.500. The Bertz CT molecular complexity index is 524. The van der Waals surface area contributed by atoms with Gasteiger partial charge >= 0.3 is 0 Å². The van der Waals surface area contributed by atoms with Gasteiger partial charge in [-0.1, -0.05) is 27.5 Å². The summed E-state index contributed by atoms with van der Waals surface area (Å²) >= 11 is 11.4. The first kappa shape index (κ1) is 14.7. The molecule has 0 aromatic heterocycles. The number of halogens is 2. The van der Waals surface area contributed by atoms with Crippen LogP contribution in [0.4, 0.5) is 0 Å². The third kappa shape index (κ3) is 2.86. The number of amides is 1. The molecule has 108 valence electrons. The Morgan fingerprint density at radius 2 is 2.15 bits per heavy atom. The van der Waals surface area contributed by atoms with Crippen molar-refractivity contribution in [1.82, 2.24) is 4.90 Å². The zero-order valence-electron chi connectivity index (χ0n) is 10.9. The second kappa shape index (κ2) is 5.87. The van der Waals surface area contributed by atoms with Crippen LogP contribution in [0.15, 0.2) is 22.7 Å². The second-order valence-corrected chi connectivity index (χ2v) is 7.79. The molecule has 1 aromatic rings. The van der Waals surface area contributed by atoms with Crippen LogP contribution in [-0.2, 0) is 4.74 Å². The topological polar surface area (TPSA) is 29.5 Å². The quantitative estimate of drug-likeness (QED) is 0.746. The average Bonchev–Trinajstić information content (AvgIpc) is 2.90. The van der Waals surface area contributed by atoms with E-state index in [2.05, 4.69) is 15.9 Å². The summed E-state index contributed by atoms with van der Waals surface area (Å²) in [5, 5.41) is 0.505. The van der Waals surface area contributed by atoms with Gasteiger partial charge in [-0.3, -0.25) is 4.79 Å². The van der Waals surface area contributed by atoms with Gasteiger partial charge in [-0.05, 0) is 18.2 Å². The van der Waals surface area contributed by atoms with E-state index in [9.17, 15) is 4.79 Å². The average molecular weight is 377 g/mol. The van der Waals surface area contributed by atoms with Gasteiger partial charge < -0.3 is 9.64 Å². The third-order valence-corrected chi connectivity index (χ3v) is 6.03. The van der Waals surface area contributed by atoms with Crippen LogP contribution in [0, 0.1) is 0 Å². The molecule has 3 nitrogen and oxygen atoms in total. The Hall–Kier alpha value is -0.230. The molecule has 0 saturated carbocycles. The maximum Gasteiger partial charge on any atom is 0.255 e. The first-order valence-corrected chi connectivity index (χ1v) is 8.78. The number of thioether (sulfide) groups is 1. The summed E-state index contributed by atoms with van der Waals surface area (Å²) in [5.41, 5.74) is 0.567. The van der Waals surface area contributed by atoms with Gasteiger partial charge in [0.15, 0.2) is 0 Å². The van der Waals surface area contributed by atoms with Crippen molar-refractivity contribution in [1.29, 1.82) is 0 Å². The van der Waals surface area contributed by atoms with Crippen LogP contribution in [0.25, 0.3) is 0 Å². The molecule has 2 heterocycles. The number of rotatable bonds is 1. The zero-order valence-corrected chi connectivity index (χ0v) is 14.1. The molecular weight excluding hydrogens is 362 g/mol. The molecule has 2 aliphatic rings. The molecule has 3 rings (SSSR count). The molecular formula is C14H15BrClNO2S. The van der Waals surface area contributed by atoms with Crippen LogP contribution in [0.3, 0.4) is 0 Å². The SMILES string of the molecule is O=C(c1cc(Br)ccc1Cl)N1CCC2(CC1)OCCS2. The lowest BCUT2D eigenvalue weighted by molar-refractivity contribution is 0.00353. The maximum absolute atomic E-state index is 12.5. The number of carbonyl (C=O) groups excluding carboxylic acids is 1. The number of likely N-dealkylation sites (tertiary alicyclic amines) is 1. The molecule has 6 heteroatoms. The lowest BCUT2D eigenvalue weighted by Gasteiger charge is -2.38. The van der Waals surface area contributed by atoms with Gasteiger partial charge in [0.2, 0.25) is 0 Å². The zero-order chi connectivity index (χ0) is 14.2. The molecule has 1 aromatic carbocycles. The maximum atomic E-state index is 12.5. The minimum absolute atomic E-state index is 0.00847. The molecule has 2 fully saturated rings. The van der Waals surface area contributed by atoms with Gasteiger partial charge in [0.25, 0.3) is 5.91 Å². The number of benzene rings is 1. The highest BCUT2D eigenvalue weighted by Crippen LogP contribution is 2.41. The number of nitrogens with zero attached hydrogens (tertiary/aromatic N) is 1. The van der Waals surface area contributed by atoms with E-state index in [1.807, 2.05) is 22.7 Å². The smallest absolute Gasteiger partial charge is 0.255 e. The van der Waals surface area contributed by atoms with E-state index in [1.165, 1.54) is 0 Å². The van der Waals surface area contributed by atoms with E-state index in [0.717, 1.165) is 42.8 Å². The number of hydrogen-bond donors (Lipinski definition) is 0. The molecule has 20 heavy (non-hydrogen) atoms. The number of carbonyl (C=O) groups is 1. The van der Waals surface area contributed by atoms with E-state index in [1.54, 1.807) is 12.1 Å². The van der Waals surface area contributed by atoms with E-state index in [0.29, 0.717) is 10.6 Å². The van der Waals surface area contributed by atoms with Crippen molar-refractivity contribution in [3.05, 3.63) is 33.3 Å². The first-order valence-electron chi connectivity index (χ1n) is 6.62. The van der Waals surface area contributed by atoms with Crippen molar-refractivity contribution in [3.8, 4) is 0 Å². The predicted molar refractivity (Wildman–Crippen MR) is 85.4 cm³/mol. The summed E-state index contributed by atoms with van der Waals surface area (Å²) in [7, 11) is 0. The normalized spacial score (nSPS) is 21.4. The largest absolute Gasteiger partial charge is 0.363 e. The van der Waals surface area contributed by atoms with Crippen molar-refractivity contribution in [3.63, 3.8) is 0 Å². The van der Waals surface area contributed by atoms with Gasteiger partial charge in [0.05, 0.1) is 17.2 Å². The van der Waals surface area contributed by atoms with E-state index < -0.39 is 0 Å². The number of ether oxygens (including phenoxy) is 1. The van der Waals surface area contributed by atoms with Gasteiger partial charge in [0, 0.05) is 36.2 Å². The summed E-state index contributed by atoms with van der Waals surface area (Å²) in [6.45, 7) is 2.29. The molecule has 0 unspecified atom stereocenters. The summed E-state index contributed by atoms with van der Waals surface area (Å²) < 4.78 is 6.72. The Labute approximate surface area is 136 Å². The van der Waals surface area contributed by atoms with Gasteiger partial charge in [-0.15, -0.1) is 11.8 Å². The Morgan fingerprint density at radius 1 is 1.40 bits per heavy atom. The van der Waals surface area contributed by atoms with Crippen LogP contribution in [0.5, 0.6) is 0 Å². The second-order valence-electron chi connectivity index (χ2n) is 5.02. The highest BCUT2D eigenvalue weighted by Gasteiger charge is 2.40. The van der Waals surface area contributed by atoms with Crippen LogP contribution < -0.4 is 0 Å². The van der Waals surface area contributed by atoms with E-state index in [4.69, 9.17) is 16.3 Å². The minimum Gasteiger partial charge on any atom is -0.363 e. The van der Waals surface area contributed by atoms with Crippen LogP contribution in [-0.4, -0.2) is 41.2 Å². The Morgan fingerprint density at radius 3 is 2.80 bits per heavy atom. The van der Waals surface area contributed by atoms with Crippen molar-refractivity contribution in [2.45, 2.75) is 17.8 Å². The molecule has 0 atom stereocenters. The Kier molecular flexibility index (Phi) is 4.32. The highest BCUT2D eigenvalue weighted by molar-refractivity contribution is 9.10. The summed E-state index contributed by atoms with van der Waals surface area (Å²) in [6.07, 6.45) is 1.80. The Balaban J connectivity index is 1.71. The van der Waals surface area contributed by atoms with Gasteiger partial charge in [-0.25, -0.2) is 0 Å². The van der Waals surface area contributed by atoms with Gasteiger partial charge in [-0.2, -0.15) is 0 Å². The molecule has 0 N–H and O–H groups in total. The van der Waals surface area contributed by atoms with E-state index in [-0.39, 0.29) is 10.8 Å². The molecule has 2 aliphatic heterocycles. The fourth-order valence-electron chi connectivity index (χ4n) is 2.67. The molecule has 1 amide bonds. The molecule has 0 bridgehead atoms. The van der Waals surface area contributed by atoms with Crippen molar-refractivity contribution >= 4 is 45.2 Å². The standard InChI is InChI=1S/C14H15BrClNO2S/c15-10-1-2-12(16)11(9-10)13(18)17-5-3-14(4-6-17)19-7-8-20-14/h1-2,9H,3-8H2. The first-order chi connectivity index (χ1) is 9.60. The van der Waals surface area contributed by atoms with E-state index >= 15 is 0 Å². The number of hydrogen-bond acceptors (Lipinski definition) is 3. The number of piperidine rings is 1. The van der Waals surface area contributed by atoms with Crippen molar-refractivity contribution < 1.29 is 9.53 Å². The third-order valence-electron chi connectivity index (χ3n) is 3.78. The molecule has 1 spiro atoms. The minimum atomic E-state index is -0.0438. The van der Waals surface area contributed by atoms with Crippen LogP contribution in [0.1, 0.15) is 23.2 Å². The van der Waals surface area contributed by atoms with Gasteiger partial charge in [0.1, 0.15) is 4.93 Å². The van der Waals surface area contributed by atoms with Crippen LogP contribution in [0.2, 0.25) is 5.02 Å². The monoisotopic (exact) mass is 375 g/mol. The molecule has 0 radical (unpaired) electrons. The lowest BCUT2D eigenvalue weighted by atomic mass is 10.1. The lowest BCUT2D eigenvalue weighted by Crippen LogP contribution is -2.45. The summed E-state index contributed by atoms with van der Waals surface area (Å²) in [5.74, 6) is 1.07. The van der Waals surface area contributed by atoms with Crippen LogP contribution >= 0.6 is 39.3 Å². The fourth-order valence-corrected chi connectivity index (χ4v) is 4.40.